The molecule has 2 aromatic carbocycles. The summed E-state index contributed by atoms with van der Waals surface area (Å²) in [6.45, 7) is 10.2. The number of hydrogen-bond donors (Lipinski definition) is 1. The van der Waals surface area contributed by atoms with E-state index < -0.39 is 0 Å². The average Bonchev–Trinajstić information content (AvgIpc) is 3.08. The van der Waals surface area contributed by atoms with Crippen LogP contribution in [0.2, 0.25) is 0 Å². The van der Waals surface area contributed by atoms with E-state index >= 15 is 0 Å². The fourth-order valence-electron chi connectivity index (χ4n) is 5.08. The Kier molecular flexibility index (Phi) is 5.34. The van der Waals surface area contributed by atoms with Gasteiger partial charge in [-0.3, -0.25) is 14.4 Å². The van der Waals surface area contributed by atoms with Gasteiger partial charge in [-0.15, -0.1) is 0 Å². The van der Waals surface area contributed by atoms with Gasteiger partial charge in [0.25, 0.3) is 0 Å². The second-order valence-corrected chi connectivity index (χ2v) is 10.4. The van der Waals surface area contributed by atoms with Crippen molar-refractivity contribution in [2.24, 2.45) is 5.41 Å². The highest BCUT2D eigenvalue weighted by atomic mass is 16.4. The van der Waals surface area contributed by atoms with Crippen molar-refractivity contribution >= 4 is 34.1 Å². The van der Waals surface area contributed by atoms with Gasteiger partial charge in [-0.1, -0.05) is 32.0 Å². The Bertz CT molecular complexity index is 1380. The lowest BCUT2D eigenvalue weighted by Crippen LogP contribution is -2.37. The lowest BCUT2D eigenvalue weighted by Gasteiger charge is -2.37. The fraction of sp³-hybridized carbons (Fsp3) is 0.393. The number of carbonyl (C=O) groups is 2. The van der Waals surface area contributed by atoms with Crippen molar-refractivity contribution in [2.75, 3.05) is 23.3 Å². The third-order valence-corrected chi connectivity index (χ3v) is 7.22. The molecule has 1 saturated heterocycles. The van der Waals surface area contributed by atoms with E-state index in [9.17, 15) is 14.4 Å². The average molecular weight is 459 g/mol. The van der Waals surface area contributed by atoms with Crippen molar-refractivity contribution in [1.82, 2.24) is 0 Å². The molecule has 1 atom stereocenters. The van der Waals surface area contributed by atoms with Crippen molar-refractivity contribution in [2.45, 2.75) is 53.0 Å². The summed E-state index contributed by atoms with van der Waals surface area (Å²) in [5, 5.41) is 3.96. The molecule has 176 valence electrons. The third kappa shape index (κ3) is 3.91. The summed E-state index contributed by atoms with van der Waals surface area (Å²) in [6, 6.07) is 10.5. The molecule has 0 amide bonds. The monoisotopic (exact) mass is 458 g/mol. The number of nitrogens with zero attached hydrogens (tertiary/aromatic N) is 1. The van der Waals surface area contributed by atoms with Crippen LogP contribution in [0.4, 0.5) is 11.6 Å². The molecule has 1 fully saturated rings. The largest absolute Gasteiger partial charge is 0.440 e. The third-order valence-electron chi connectivity index (χ3n) is 7.22. The van der Waals surface area contributed by atoms with Crippen LogP contribution < -0.4 is 15.6 Å². The number of Topliss-reactive ketones (excluding diaryl/α,β-unsaturated/α-hetero) is 2. The van der Waals surface area contributed by atoms with Crippen LogP contribution in [-0.4, -0.2) is 24.7 Å². The van der Waals surface area contributed by atoms with Crippen LogP contribution in [0, 0.1) is 12.3 Å². The zero-order valence-corrected chi connectivity index (χ0v) is 20.2. The molecule has 6 nitrogen and oxygen atoms in total. The van der Waals surface area contributed by atoms with Crippen LogP contribution in [-0.2, 0) is 0 Å². The highest BCUT2D eigenvalue weighted by molar-refractivity contribution is 6.26. The minimum Gasteiger partial charge on any atom is -0.440 e. The predicted molar refractivity (Wildman–Crippen MR) is 134 cm³/mol. The van der Waals surface area contributed by atoms with Gasteiger partial charge in [0.05, 0.1) is 23.4 Å². The summed E-state index contributed by atoms with van der Waals surface area (Å²) in [6.07, 6.45) is 2.00. The van der Waals surface area contributed by atoms with Gasteiger partial charge in [0, 0.05) is 36.0 Å². The van der Waals surface area contributed by atoms with E-state index in [1.165, 1.54) is 0 Å². The molecule has 5 rings (SSSR count). The van der Waals surface area contributed by atoms with E-state index in [2.05, 4.69) is 24.1 Å². The van der Waals surface area contributed by atoms with Gasteiger partial charge in [0.1, 0.15) is 5.58 Å². The number of rotatable bonds is 4. The molecule has 0 spiro atoms. The Morgan fingerprint density at radius 1 is 1.03 bits per heavy atom. The van der Waals surface area contributed by atoms with Gasteiger partial charge in [-0.2, -0.15) is 0 Å². The topological polar surface area (TPSA) is 79.6 Å². The number of carbonyl (C=O) groups excluding carboxylic acids is 2. The molecule has 1 aromatic heterocycles. The van der Waals surface area contributed by atoms with E-state index in [1.807, 2.05) is 32.0 Å². The molecule has 1 N–H and O–H groups in total. The number of piperidine rings is 1. The molecule has 1 aliphatic heterocycles. The van der Waals surface area contributed by atoms with E-state index in [-0.39, 0.29) is 29.5 Å². The zero-order chi connectivity index (χ0) is 24.2. The van der Waals surface area contributed by atoms with Crippen molar-refractivity contribution in [3.63, 3.8) is 0 Å². The molecule has 0 bridgehead atoms. The normalized spacial score (nSPS) is 18.3. The first-order valence-electron chi connectivity index (χ1n) is 11.9. The molecule has 1 aliphatic carbocycles. The zero-order valence-electron chi connectivity index (χ0n) is 20.2. The molecular formula is C28H30N2O4. The smallest absolute Gasteiger partial charge is 0.200 e. The maximum atomic E-state index is 13.1. The van der Waals surface area contributed by atoms with Gasteiger partial charge in [-0.05, 0) is 49.8 Å². The Labute approximate surface area is 199 Å². The second kappa shape index (κ2) is 8.12. The van der Waals surface area contributed by atoms with Crippen molar-refractivity contribution in [3.8, 4) is 0 Å². The van der Waals surface area contributed by atoms with Crippen molar-refractivity contribution in [1.29, 1.82) is 0 Å². The summed E-state index contributed by atoms with van der Waals surface area (Å²) in [4.78, 5) is 39.9. The Hall–Kier alpha value is -3.41. The number of nitrogens with one attached hydrogen (secondary N) is 1. The first kappa shape index (κ1) is 22.4. The lowest BCUT2D eigenvalue weighted by atomic mass is 9.83. The highest BCUT2D eigenvalue weighted by Gasteiger charge is 2.31. The number of ketones is 2. The molecule has 3 aromatic rings. The standard InChI is InChI=1S/C28H30N2O4/c1-16-12-19(17(2)29-21-7-5-6-18-22(31)14-24(33)26(18)21)27-20(13-16)23(32)15-25(34-27)30-10-8-28(3,4)9-11-30/h5-7,12-13,15,17,29H,8-11,14H2,1-4H3/t17-/m1/s1. The van der Waals surface area contributed by atoms with Crippen LogP contribution in [0.3, 0.4) is 0 Å². The van der Waals surface area contributed by atoms with E-state index in [4.69, 9.17) is 4.42 Å². The minimum atomic E-state index is -0.254. The van der Waals surface area contributed by atoms with Crippen molar-refractivity contribution < 1.29 is 14.0 Å². The molecular weight excluding hydrogens is 428 g/mol. The Morgan fingerprint density at radius 2 is 1.76 bits per heavy atom. The van der Waals surface area contributed by atoms with E-state index in [0.717, 1.165) is 37.1 Å². The van der Waals surface area contributed by atoms with Crippen LogP contribution in [0.25, 0.3) is 11.0 Å². The lowest BCUT2D eigenvalue weighted by molar-refractivity contribution is 0.0923. The molecule has 34 heavy (non-hydrogen) atoms. The summed E-state index contributed by atoms with van der Waals surface area (Å²) >= 11 is 0. The van der Waals surface area contributed by atoms with Gasteiger partial charge < -0.3 is 14.6 Å². The number of anilines is 2. The van der Waals surface area contributed by atoms with Crippen molar-refractivity contribution in [3.05, 3.63) is 68.9 Å². The number of benzene rings is 2. The highest BCUT2D eigenvalue weighted by Crippen LogP contribution is 2.36. The minimum absolute atomic E-state index is 0.0559. The number of hydrogen-bond acceptors (Lipinski definition) is 6. The summed E-state index contributed by atoms with van der Waals surface area (Å²) < 4.78 is 6.39. The summed E-state index contributed by atoms with van der Waals surface area (Å²) in [5.74, 6) is 0.301. The first-order chi connectivity index (χ1) is 16.1. The Balaban J connectivity index is 1.55. The van der Waals surface area contributed by atoms with Gasteiger partial charge in [-0.25, -0.2) is 0 Å². The van der Waals surface area contributed by atoms with Crippen LogP contribution >= 0.6 is 0 Å². The summed E-state index contributed by atoms with van der Waals surface area (Å²) in [7, 11) is 0. The molecule has 6 heteroatoms. The van der Waals surface area contributed by atoms with Gasteiger partial charge in [0.15, 0.2) is 22.9 Å². The maximum absolute atomic E-state index is 13.1. The quantitative estimate of drug-likeness (QED) is 0.508. The van der Waals surface area contributed by atoms with Crippen LogP contribution in [0.15, 0.2) is 45.6 Å². The SMILES string of the molecule is Cc1cc([C@@H](C)Nc2cccc3c2C(=O)CC3=O)c2oc(N3CCC(C)(C)CC3)cc(=O)c2c1. The Morgan fingerprint density at radius 3 is 2.50 bits per heavy atom. The van der Waals surface area contributed by atoms with Crippen LogP contribution in [0.1, 0.15) is 77.9 Å². The molecule has 2 aliphatic rings. The predicted octanol–water partition coefficient (Wildman–Crippen LogP) is 5.67. The number of aryl methyl sites for hydroxylation is 1. The molecule has 0 radical (unpaired) electrons. The molecule has 0 unspecified atom stereocenters. The number of fused-ring (bicyclic) bond motifs is 2. The first-order valence-corrected chi connectivity index (χ1v) is 11.9. The summed E-state index contributed by atoms with van der Waals surface area (Å²) in [5.41, 5.74) is 4.16. The van der Waals surface area contributed by atoms with Crippen LogP contribution in [0.5, 0.6) is 0 Å². The van der Waals surface area contributed by atoms with E-state index in [0.29, 0.717) is 39.1 Å². The maximum Gasteiger partial charge on any atom is 0.200 e. The van der Waals surface area contributed by atoms with Gasteiger partial charge >= 0.3 is 0 Å². The molecule has 2 heterocycles. The second-order valence-electron chi connectivity index (χ2n) is 10.4. The van der Waals surface area contributed by atoms with E-state index in [1.54, 1.807) is 18.2 Å². The fourth-order valence-corrected chi connectivity index (χ4v) is 5.08. The molecule has 0 saturated carbocycles. The van der Waals surface area contributed by atoms with Gasteiger partial charge in [0.2, 0.25) is 0 Å².